The van der Waals surface area contributed by atoms with Crippen LogP contribution in [-0.2, 0) is 6.61 Å². The number of amides is 3. The van der Waals surface area contributed by atoms with E-state index in [1.807, 2.05) is 30.3 Å². The van der Waals surface area contributed by atoms with Crippen LogP contribution in [0.3, 0.4) is 0 Å². The molecule has 0 atom stereocenters. The molecular weight excluding hydrogens is 486 g/mol. The number of nitrogens with zero attached hydrogens (tertiary/aromatic N) is 1. The summed E-state index contributed by atoms with van der Waals surface area (Å²) < 4.78 is 5.76. The van der Waals surface area contributed by atoms with Crippen LogP contribution in [0.5, 0.6) is 5.75 Å². The molecule has 0 unspecified atom stereocenters. The van der Waals surface area contributed by atoms with E-state index in [0.29, 0.717) is 29.3 Å². The lowest BCUT2D eigenvalue weighted by atomic mass is 10.1. The number of nitrogens with one attached hydrogen (secondary N) is 2. The second-order valence-electron chi connectivity index (χ2n) is 8.22. The molecule has 5 rings (SSSR count). The van der Waals surface area contributed by atoms with Gasteiger partial charge in [0.15, 0.2) is 5.11 Å². The van der Waals surface area contributed by atoms with Gasteiger partial charge in [-0.3, -0.25) is 19.7 Å². The molecule has 1 heterocycles. The summed E-state index contributed by atoms with van der Waals surface area (Å²) in [6.07, 6.45) is 0. The standard InChI is InChI=1S/C29H21N3O4S/c33-26(20-14-16-22(17-15-20)36-18-19-8-3-1-4-9-19)31-29(37)30-24-13-7-12-23-25(24)28(35)32(27(23)34)21-10-5-2-6-11-21/h1-17H,18H2,(H2,30,31,33,37). The van der Waals surface area contributed by atoms with Crippen LogP contribution < -0.4 is 20.3 Å². The number of anilines is 2. The van der Waals surface area contributed by atoms with E-state index in [9.17, 15) is 14.4 Å². The maximum atomic E-state index is 13.2. The van der Waals surface area contributed by atoms with Crippen molar-refractivity contribution >= 4 is 46.4 Å². The first-order valence-electron chi connectivity index (χ1n) is 11.5. The molecule has 1 aliphatic rings. The van der Waals surface area contributed by atoms with Gasteiger partial charge in [-0.2, -0.15) is 0 Å². The van der Waals surface area contributed by atoms with Gasteiger partial charge >= 0.3 is 0 Å². The topological polar surface area (TPSA) is 87.7 Å². The van der Waals surface area contributed by atoms with Gasteiger partial charge in [-0.1, -0.05) is 54.6 Å². The summed E-state index contributed by atoms with van der Waals surface area (Å²) in [6.45, 7) is 0.421. The number of rotatable bonds is 6. The highest BCUT2D eigenvalue weighted by atomic mass is 32.1. The number of carbonyl (C=O) groups is 3. The Morgan fingerprint density at radius 1 is 0.784 bits per heavy atom. The first-order valence-corrected chi connectivity index (χ1v) is 11.9. The van der Waals surface area contributed by atoms with Crippen LogP contribution in [0.1, 0.15) is 36.6 Å². The van der Waals surface area contributed by atoms with Crippen LogP contribution in [0.25, 0.3) is 0 Å². The molecular formula is C29H21N3O4S. The third kappa shape index (κ3) is 5.10. The fourth-order valence-corrected chi connectivity index (χ4v) is 4.18. The van der Waals surface area contributed by atoms with Gasteiger partial charge in [0.2, 0.25) is 0 Å². The summed E-state index contributed by atoms with van der Waals surface area (Å²) >= 11 is 5.32. The second-order valence-corrected chi connectivity index (χ2v) is 8.62. The van der Waals surface area contributed by atoms with Crippen molar-refractivity contribution in [2.75, 3.05) is 10.2 Å². The molecule has 37 heavy (non-hydrogen) atoms. The molecule has 4 aromatic carbocycles. The number of hydrogen-bond acceptors (Lipinski definition) is 5. The highest BCUT2D eigenvalue weighted by molar-refractivity contribution is 7.80. The van der Waals surface area contributed by atoms with Crippen molar-refractivity contribution < 1.29 is 19.1 Å². The molecule has 0 bridgehead atoms. The molecule has 0 saturated heterocycles. The average molecular weight is 508 g/mol. The predicted octanol–water partition coefficient (Wildman–Crippen LogP) is 5.19. The van der Waals surface area contributed by atoms with Crippen LogP contribution in [0, 0.1) is 0 Å². The van der Waals surface area contributed by atoms with Crippen LogP contribution >= 0.6 is 12.2 Å². The number of hydrogen-bond donors (Lipinski definition) is 2. The van der Waals surface area contributed by atoms with E-state index >= 15 is 0 Å². The van der Waals surface area contributed by atoms with Crippen molar-refractivity contribution in [3.05, 3.63) is 125 Å². The molecule has 4 aromatic rings. The van der Waals surface area contributed by atoms with Gasteiger partial charge in [-0.25, -0.2) is 4.90 Å². The molecule has 0 saturated carbocycles. The molecule has 8 heteroatoms. The first kappa shape index (κ1) is 23.9. The van der Waals surface area contributed by atoms with Gasteiger partial charge in [0, 0.05) is 5.56 Å². The fraction of sp³-hybridized carbons (Fsp3) is 0.0345. The molecule has 0 radical (unpaired) electrons. The summed E-state index contributed by atoms with van der Waals surface area (Å²) in [6, 6.07) is 30.0. The van der Waals surface area contributed by atoms with Crippen molar-refractivity contribution in [3.8, 4) is 5.75 Å². The predicted molar refractivity (Wildman–Crippen MR) is 145 cm³/mol. The van der Waals surface area contributed by atoms with Gasteiger partial charge in [0.1, 0.15) is 12.4 Å². The number of thiocarbonyl (C=S) groups is 1. The number of carbonyl (C=O) groups excluding carboxylic acids is 3. The van der Waals surface area contributed by atoms with Gasteiger partial charge < -0.3 is 10.1 Å². The number of benzene rings is 4. The van der Waals surface area contributed by atoms with E-state index in [4.69, 9.17) is 17.0 Å². The zero-order chi connectivity index (χ0) is 25.8. The minimum atomic E-state index is -0.463. The van der Waals surface area contributed by atoms with Crippen molar-refractivity contribution in [1.82, 2.24) is 5.32 Å². The van der Waals surface area contributed by atoms with E-state index in [1.165, 1.54) is 0 Å². The smallest absolute Gasteiger partial charge is 0.268 e. The second kappa shape index (κ2) is 10.4. The summed E-state index contributed by atoms with van der Waals surface area (Å²) in [7, 11) is 0. The Balaban J connectivity index is 1.24. The zero-order valence-electron chi connectivity index (χ0n) is 19.5. The molecule has 0 spiro atoms. The van der Waals surface area contributed by atoms with Crippen LogP contribution in [-0.4, -0.2) is 22.8 Å². The Bertz CT molecular complexity index is 1490. The maximum absolute atomic E-state index is 13.2. The fourth-order valence-electron chi connectivity index (χ4n) is 3.97. The molecule has 0 aromatic heterocycles. The summed E-state index contributed by atoms with van der Waals surface area (Å²) in [4.78, 5) is 39.9. The first-order chi connectivity index (χ1) is 18.0. The molecule has 2 N–H and O–H groups in total. The van der Waals surface area contributed by atoms with Crippen LogP contribution in [0.4, 0.5) is 11.4 Å². The lowest BCUT2D eigenvalue weighted by molar-refractivity contribution is 0.0924. The average Bonchev–Trinajstić information content (AvgIpc) is 3.19. The zero-order valence-corrected chi connectivity index (χ0v) is 20.3. The lowest BCUT2D eigenvalue weighted by Gasteiger charge is -2.14. The van der Waals surface area contributed by atoms with E-state index in [-0.39, 0.29) is 16.2 Å². The normalized spacial score (nSPS) is 12.2. The third-order valence-corrected chi connectivity index (χ3v) is 5.97. The number of imide groups is 1. The summed E-state index contributed by atoms with van der Waals surface area (Å²) in [5.41, 5.74) is 2.71. The van der Waals surface area contributed by atoms with Crippen molar-refractivity contribution in [2.45, 2.75) is 6.61 Å². The SMILES string of the molecule is O=C(NC(=S)Nc1cccc2c1C(=O)N(c1ccccc1)C2=O)c1ccc(OCc2ccccc2)cc1. The van der Waals surface area contributed by atoms with Crippen LogP contribution in [0.15, 0.2) is 103 Å². The van der Waals surface area contributed by atoms with Gasteiger partial charge in [-0.15, -0.1) is 0 Å². The Morgan fingerprint density at radius 2 is 1.46 bits per heavy atom. The Labute approximate surface area is 218 Å². The highest BCUT2D eigenvalue weighted by Crippen LogP contribution is 2.32. The number of para-hydroxylation sites is 1. The highest BCUT2D eigenvalue weighted by Gasteiger charge is 2.38. The minimum Gasteiger partial charge on any atom is -0.489 e. The van der Waals surface area contributed by atoms with Crippen molar-refractivity contribution in [3.63, 3.8) is 0 Å². The Morgan fingerprint density at radius 3 is 2.16 bits per heavy atom. The third-order valence-electron chi connectivity index (χ3n) is 5.77. The molecule has 0 fully saturated rings. The van der Waals surface area contributed by atoms with Gasteiger partial charge in [-0.05, 0) is 66.3 Å². The molecule has 3 amide bonds. The summed E-state index contributed by atoms with van der Waals surface area (Å²) in [5, 5.41) is 5.50. The maximum Gasteiger partial charge on any atom is 0.268 e. The van der Waals surface area contributed by atoms with E-state index in [1.54, 1.807) is 72.8 Å². The van der Waals surface area contributed by atoms with Crippen molar-refractivity contribution in [2.24, 2.45) is 0 Å². The summed E-state index contributed by atoms with van der Waals surface area (Å²) in [5.74, 6) is -0.672. The minimum absolute atomic E-state index is 0.00112. The quantitative estimate of drug-likeness (QED) is 0.276. The van der Waals surface area contributed by atoms with Crippen LogP contribution in [0.2, 0.25) is 0 Å². The Hall–Kier alpha value is -4.82. The molecule has 0 aliphatic carbocycles. The molecule has 1 aliphatic heterocycles. The van der Waals surface area contributed by atoms with Gasteiger partial charge in [0.25, 0.3) is 17.7 Å². The number of ether oxygens (including phenoxy) is 1. The Kier molecular flexibility index (Phi) is 6.74. The van der Waals surface area contributed by atoms with E-state index < -0.39 is 17.7 Å². The number of fused-ring (bicyclic) bond motifs is 1. The van der Waals surface area contributed by atoms with E-state index in [0.717, 1.165) is 10.5 Å². The largest absolute Gasteiger partial charge is 0.489 e. The monoisotopic (exact) mass is 507 g/mol. The van der Waals surface area contributed by atoms with E-state index in [2.05, 4.69) is 10.6 Å². The molecule has 7 nitrogen and oxygen atoms in total. The molecule has 182 valence electrons. The van der Waals surface area contributed by atoms with Crippen molar-refractivity contribution in [1.29, 1.82) is 0 Å². The lowest BCUT2D eigenvalue weighted by Crippen LogP contribution is -2.34. The van der Waals surface area contributed by atoms with Gasteiger partial charge in [0.05, 0.1) is 22.5 Å².